The van der Waals surface area contributed by atoms with Gasteiger partial charge in [0, 0.05) is 6.42 Å². The molecule has 3 aromatic rings. The molecule has 0 aliphatic rings. The Bertz CT molecular complexity index is 967. The van der Waals surface area contributed by atoms with Crippen LogP contribution in [0, 0.1) is 5.82 Å². The van der Waals surface area contributed by atoms with E-state index in [-0.39, 0.29) is 23.8 Å². The lowest BCUT2D eigenvalue weighted by molar-refractivity contribution is -0.136. The fourth-order valence-electron chi connectivity index (χ4n) is 2.29. The summed E-state index contributed by atoms with van der Waals surface area (Å²) in [5, 5.41) is 9.89. The molecule has 134 valence electrons. The predicted molar refractivity (Wildman–Crippen MR) is 86.6 cm³/mol. The van der Waals surface area contributed by atoms with Crippen LogP contribution >= 0.6 is 0 Å². The molecule has 1 aromatic heterocycles. The monoisotopic (exact) mass is 364 g/mol. The van der Waals surface area contributed by atoms with Crippen LogP contribution in [0.4, 0.5) is 29.2 Å². The second kappa shape index (κ2) is 6.95. The van der Waals surface area contributed by atoms with Crippen molar-refractivity contribution in [1.82, 2.24) is 15.2 Å². The number of alkyl halides is 3. The number of H-pyrrole nitrogens is 1. The van der Waals surface area contributed by atoms with E-state index in [1.807, 2.05) is 0 Å². The first kappa shape index (κ1) is 17.6. The Morgan fingerprint density at radius 2 is 1.69 bits per heavy atom. The molecule has 2 N–H and O–H groups in total. The molecule has 1 heterocycles. The summed E-state index contributed by atoms with van der Waals surface area (Å²) in [6.45, 7) is 0. The minimum Gasteiger partial charge on any atom is -0.324 e. The van der Waals surface area contributed by atoms with E-state index in [1.54, 1.807) is 0 Å². The fraction of sp³-hybridized carbons (Fsp3) is 0.118. The van der Waals surface area contributed by atoms with Crippen molar-refractivity contribution in [3.05, 3.63) is 81.5 Å². The van der Waals surface area contributed by atoms with Crippen LogP contribution in [0.15, 0.2) is 53.3 Å². The van der Waals surface area contributed by atoms with E-state index in [2.05, 4.69) is 20.5 Å². The van der Waals surface area contributed by atoms with Gasteiger partial charge in [0.05, 0.1) is 11.3 Å². The van der Waals surface area contributed by atoms with Crippen molar-refractivity contribution in [3.63, 3.8) is 0 Å². The number of nitrogens with one attached hydrogen (secondary N) is 2. The molecule has 0 aliphatic carbocycles. The molecule has 9 heteroatoms. The average molecular weight is 364 g/mol. The number of anilines is 2. The maximum absolute atomic E-state index is 13.0. The van der Waals surface area contributed by atoms with Crippen molar-refractivity contribution >= 4 is 11.6 Å². The van der Waals surface area contributed by atoms with Crippen molar-refractivity contribution < 1.29 is 17.6 Å². The molecule has 2 aromatic carbocycles. The van der Waals surface area contributed by atoms with Gasteiger partial charge in [-0.3, -0.25) is 9.78 Å². The van der Waals surface area contributed by atoms with Crippen molar-refractivity contribution in [2.24, 2.45) is 0 Å². The van der Waals surface area contributed by atoms with Gasteiger partial charge in [-0.2, -0.15) is 13.2 Å². The molecule has 0 fully saturated rings. The lowest BCUT2D eigenvalue weighted by Gasteiger charge is -2.13. The van der Waals surface area contributed by atoms with Crippen LogP contribution in [0.1, 0.15) is 16.8 Å². The molecule has 0 aliphatic heterocycles. The molecule has 5 nitrogen and oxygen atoms in total. The highest BCUT2D eigenvalue weighted by Gasteiger charge is 2.33. The second-order valence-corrected chi connectivity index (χ2v) is 5.42. The molecule has 0 unspecified atom stereocenters. The van der Waals surface area contributed by atoms with Crippen LogP contribution in [0.3, 0.4) is 0 Å². The number of benzene rings is 2. The maximum atomic E-state index is 13.0. The molecule has 0 saturated carbocycles. The summed E-state index contributed by atoms with van der Waals surface area (Å²) >= 11 is 0. The van der Waals surface area contributed by atoms with E-state index in [1.165, 1.54) is 42.5 Å². The second-order valence-electron chi connectivity index (χ2n) is 5.42. The fourth-order valence-corrected chi connectivity index (χ4v) is 2.29. The summed E-state index contributed by atoms with van der Waals surface area (Å²) in [4.78, 5) is 14.4. The van der Waals surface area contributed by atoms with Crippen LogP contribution in [-0.2, 0) is 12.6 Å². The van der Waals surface area contributed by atoms with Gasteiger partial charge in [0.15, 0.2) is 0 Å². The minimum atomic E-state index is -4.56. The zero-order chi connectivity index (χ0) is 18.7. The topological polar surface area (TPSA) is 70.7 Å². The van der Waals surface area contributed by atoms with Gasteiger partial charge in [0.25, 0.3) is 5.56 Å². The van der Waals surface area contributed by atoms with E-state index in [0.29, 0.717) is 5.56 Å². The van der Waals surface area contributed by atoms with Crippen molar-refractivity contribution in [1.29, 1.82) is 0 Å². The smallest absolute Gasteiger partial charge is 0.324 e. The van der Waals surface area contributed by atoms with E-state index >= 15 is 0 Å². The van der Waals surface area contributed by atoms with E-state index in [4.69, 9.17) is 0 Å². The third-order valence-corrected chi connectivity index (χ3v) is 3.54. The zero-order valence-corrected chi connectivity index (χ0v) is 13.1. The maximum Gasteiger partial charge on any atom is 0.418 e. The first-order chi connectivity index (χ1) is 12.3. The van der Waals surface area contributed by atoms with Gasteiger partial charge < -0.3 is 5.32 Å². The van der Waals surface area contributed by atoms with Crippen LogP contribution < -0.4 is 10.9 Å². The molecule has 0 atom stereocenters. The van der Waals surface area contributed by atoms with Crippen LogP contribution in [0.5, 0.6) is 0 Å². The summed E-state index contributed by atoms with van der Waals surface area (Å²) in [6, 6.07) is 10.3. The first-order valence-corrected chi connectivity index (χ1v) is 7.46. The number of aromatic amines is 1. The summed E-state index contributed by atoms with van der Waals surface area (Å²) < 4.78 is 51.9. The highest BCUT2D eigenvalue weighted by molar-refractivity contribution is 5.59. The Hall–Kier alpha value is -3.23. The molecule has 26 heavy (non-hydrogen) atoms. The van der Waals surface area contributed by atoms with Gasteiger partial charge in [0.1, 0.15) is 11.5 Å². The first-order valence-electron chi connectivity index (χ1n) is 7.46. The third kappa shape index (κ3) is 4.05. The van der Waals surface area contributed by atoms with E-state index in [9.17, 15) is 22.4 Å². The number of nitrogens with zero attached hydrogens (tertiary/aromatic N) is 2. The van der Waals surface area contributed by atoms with Crippen molar-refractivity contribution in [3.8, 4) is 0 Å². The Kier molecular flexibility index (Phi) is 4.70. The number of aromatic nitrogens is 3. The Balaban J connectivity index is 1.83. The van der Waals surface area contributed by atoms with Crippen LogP contribution in [0.25, 0.3) is 0 Å². The lowest BCUT2D eigenvalue weighted by Crippen LogP contribution is -2.19. The molecular formula is C17H12F4N4O. The summed E-state index contributed by atoms with van der Waals surface area (Å²) in [6.07, 6.45) is -4.44. The van der Waals surface area contributed by atoms with Crippen LogP contribution in [-0.4, -0.2) is 15.2 Å². The summed E-state index contributed by atoms with van der Waals surface area (Å²) in [5.41, 5.74) is -1.04. The SMILES string of the molecule is O=c1[nH]c(Nc2ccccc2C(F)(F)F)nnc1Cc1ccc(F)cc1. The normalized spacial score (nSPS) is 11.4. The third-order valence-electron chi connectivity index (χ3n) is 3.54. The number of hydrogen-bond acceptors (Lipinski definition) is 4. The average Bonchev–Trinajstić information content (AvgIpc) is 2.59. The molecular weight excluding hydrogens is 352 g/mol. The summed E-state index contributed by atoms with van der Waals surface area (Å²) in [5.74, 6) is -0.619. The van der Waals surface area contributed by atoms with Gasteiger partial charge in [-0.1, -0.05) is 24.3 Å². The highest BCUT2D eigenvalue weighted by atomic mass is 19.4. The number of hydrogen-bond donors (Lipinski definition) is 2. The summed E-state index contributed by atoms with van der Waals surface area (Å²) in [7, 11) is 0. The van der Waals surface area contributed by atoms with Crippen LogP contribution in [0.2, 0.25) is 0 Å². The van der Waals surface area contributed by atoms with Gasteiger partial charge in [0.2, 0.25) is 5.95 Å². The van der Waals surface area contributed by atoms with E-state index in [0.717, 1.165) is 6.07 Å². The molecule has 0 radical (unpaired) electrons. The Morgan fingerprint density at radius 3 is 2.35 bits per heavy atom. The Labute approximate surface area is 144 Å². The van der Waals surface area contributed by atoms with Gasteiger partial charge >= 0.3 is 6.18 Å². The molecule has 0 spiro atoms. The molecule has 0 saturated heterocycles. The molecule has 3 rings (SSSR count). The predicted octanol–water partition coefficient (Wildman–Crippen LogP) is 3.66. The number of rotatable bonds is 4. The van der Waals surface area contributed by atoms with Gasteiger partial charge in [-0.15, -0.1) is 10.2 Å². The highest BCUT2D eigenvalue weighted by Crippen LogP contribution is 2.35. The quantitative estimate of drug-likeness (QED) is 0.693. The van der Waals surface area contributed by atoms with Gasteiger partial charge in [-0.05, 0) is 29.8 Å². The molecule has 0 amide bonds. The van der Waals surface area contributed by atoms with E-state index < -0.39 is 23.1 Å². The van der Waals surface area contributed by atoms with Gasteiger partial charge in [-0.25, -0.2) is 4.39 Å². The Morgan fingerprint density at radius 1 is 1.00 bits per heavy atom. The van der Waals surface area contributed by atoms with Crippen molar-refractivity contribution in [2.75, 3.05) is 5.32 Å². The zero-order valence-electron chi connectivity index (χ0n) is 13.1. The lowest BCUT2D eigenvalue weighted by atomic mass is 10.1. The molecule has 0 bridgehead atoms. The standard InChI is InChI=1S/C17H12F4N4O/c18-11-7-5-10(6-8-11)9-14-15(26)23-16(25-24-14)22-13-4-2-1-3-12(13)17(19,20)21/h1-8H,9H2,(H2,22,23,25,26). The number of para-hydroxylation sites is 1. The van der Waals surface area contributed by atoms with Crippen molar-refractivity contribution in [2.45, 2.75) is 12.6 Å². The largest absolute Gasteiger partial charge is 0.418 e. The minimum absolute atomic E-state index is 0.0614. The number of halogens is 4.